The van der Waals surface area contributed by atoms with Crippen LogP contribution in [0.4, 0.5) is 10.2 Å². The Morgan fingerprint density at radius 3 is 2.43 bits per heavy atom. The number of hydrogen-bond acceptors (Lipinski definition) is 3. The van der Waals surface area contributed by atoms with E-state index in [0.717, 1.165) is 19.5 Å². The lowest BCUT2D eigenvalue weighted by Gasteiger charge is -2.25. The lowest BCUT2D eigenvalue weighted by molar-refractivity contribution is 0.304. The van der Waals surface area contributed by atoms with Gasteiger partial charge in [0.05, 0.1) is 0 Å². The largest absolute Gasteiger partial charge is 0.367 e. The van der Waals surface area contributed by atoms with E-state index in [1.807, 2.05) is 0 Å². The van der Waals surface area contributed by atoms with Crippen molar-refractivity contribution in [3.05, 3.63) is 23.6 Å². The van der Waals surface area contributed by atoms with Gasteiger partial charge in [-0.1, -0.05) is 34.6 Å². The predicted molar refractivity (Wildman–Crippen MR) is 87.8 cm³/mol. The van der Waals surface area contributed by atoms with Crippen LogP contribution in [0.3, 0.4) is 0 Å². The molecule has 0 bridgehead atoms. The Bertz CT molecular complexity index is 410. The molecule has 120 valence electrons. The first-order chi connectivity index (χ1) is 9.97. The molecule has 1 rings (SSSR count). The molecule has 0 atom stereocenters. The molecule has 0 aliphatic carbocycles. The number of hydrogen-bond donors (Lipinski definition) is 2. The number of aromatic nitrogens is 1. The minimum atomic E-state index is -0.229. The summed E-state index contributed by atoms with van der Waals surface area (Å²) in [4.78, 5) is 4.14. The second-order valence-corrected chi connectivity index (χ2v) is 6.34. The topological polar surface area (TPSA) is 37.0 Å². The van der Waals surface area contributed by atoms with E-state index in [9.17, 15) is 4.39 Å². The smallest absolute Gasteiger partial charge is 0.169 e. The normalized spacial score (nSPS) is 11.7. The second-order valence-electron chi connectivity index (χ2n) is 6.34. The Kier molecular flexibility index (Phi) is 7.65. The van der Waals surface area contributed by atoms with Gasteiger partial charge >= 0.3 is 0 Å². The highest BCUT2D eigenvalue weighted by Crippen LogP contribution is 2.22. The summed E-state index contributed by atoms with van der Waals surface area (Å²) in [5.41, 5.74) is 0.673. The van der Waals surface area contributed by atoms with Crippen molar-refractivity contribution in [3.8, 4) is 0 Å². The molecule has 3 nitrogen and oxygen atoms in total. The summed E-state index contributed by atoms with van der Waals surface area (Å²) in [6.45, 7) is 13.1. The van der Waals surface area contributed by atoms with Crippen molar-refractivity contribution in [1.29, 1.82) is 0 Å². The standard InChI is InChI=1S/C17H30FN3/c1-6-8-19-10-14-7-9-20-17(16(14)18)21-11-15(12(2)3)13(4)5/h7,9,12-13,15,19H,6,8,10-11H2,1-5H3,(H,20,21). The average molecular weight is 295 g/mol. The zero-order chi connectivity index (χ0) is 15.8. The van der Waals surface area contributed by atoms with Crippen LogP contribution in [0.2, 0.25) is 0 Å². The molecule has 1 aromatic heterocycles. The Morgan fingerprint density at radius 2 is 1.86 bits per heavy atom. The van der Waals surface area contributed by atoms with Gasteiger partial charge in [0.25, 0.3) is 0 Å². The van der Waals surface area contributed by atoms with Crippen LogP contribution < -0.4 is 10.6 Å². The highest BCUT2D eigenvalue weighted by atomic mass is 19.1. The SMILES string of the molecule is CCCNCc1ccnc(NCC(C(C)C)C(C)C)c1F. The number of anilines is 1. The summed E-state index contributed by atoms with van der Waals surface area (Å²) in [5, 5.41) is 6.42. The maximum absolute atomic E-state index is 14.4. The number of pyridine rings is 1. The maximum Gasteiger partial charge on any atom is 0.169 e. The van der Waals surface area contributed by atoms with Crippen LogP contribution >= 0.6 is 0 Å². The summed E-state index contributed by atoms with van der Waals surface area (Å²) in [6, 6.07) is 1.74. The lowest BCUT2D eigenvalue weighted by Crippen LogP contribution is -2.25. The molecule has 0 amide bonds. The van der Waals surface area contributed by atoms with Crippen LogP contribution in [0.5, 0.6) is 0 Å². The van der Waals surface area contributed by atoms with Gasteiger partial charge in [-0.15, -0.1) is 0 Å². The van der Waals surface area contributed by atoms with Crippen molar-refractivity contribution in [2.45, 2.75) is 47.6 Å². The maximum atomic E-state index is 14.4. The molecule has 4 heteroatoms. The van der Waals surface area contributed by atoms with Crippen molar-refractivity contribution in [2.75, 3.05) is 18.4 Å². The molecule has 0 aromatic carbocycles. The highest BCUT2D eigenvalue weighted by Gasteiger charge is 2.18. The molecule has 0 spiro atoms. The van der Waals surface area contributed by atoms with E-state index in [4.69, 9.17) is 0 Å². The summed E-state index contributed by atoms with van der Waals surface area (Å²) in [5.74, 6) is 1.78. The Morgan fingerprint density at radius 1 is 1.19 bits per heavy atom. The summed E-state index contributed by atoms with van der Waals surface area (Å²) in [7, 11) is 0. The molecule has 1 aromatic rings. The summed E-state index contributed by atoms with van der Waals surface area (Å²) < 4.78 is 14.4. The van der Waals surface area contributed by atoms with Gasteiger partial charge in [0.15, 0.2) is 11.6 Å². The number of halogens is 1. The van der Waals surface area contributed by atoms with E-state index in [-0.39, 0.29) is 5.82 Å². The molecule has 2 N–H and O–H groups in total. The van der Waals surface area contributed by atoms with Crippen molar-refractivity contribution in [3.63, 3.8) is 0 Å². The van der Waals surface area contributed by atoms with Crippen molar-refractivity contribution in [2.24, 2.45) is 17.8 Å². The molecule has 0 saturated carbocycles. The fourth-order valence-corrected chi connectivity index (χ4v) is 2.60. The zero-order valence-electron chi connectivity index (χ0n) is 14.0. The molecule has 0 aliphatic heterocycles. The second kappa shape index (κ2) is 8.98. The van der Waals surface area contributed by atoms with Crippen LogP contribution in [0.25, 0.3) is 0 Å². The van der Waals surface area contributed by atoms with E-state index < -0.39 is 0 Å². The van der Waals surface area contributed by atoms with Gasteiger partial charge in [0.1, 0.15) is 0 Å². The van der Waals surface area contributed by atoms with Crippen molar-refractivity contribution in [1.82, 2.24) is 10.3 Å². The zero-order valence-corrected chi connectivity index (χ0v) is 14.0. The van der Waals surface area contributed by atoms with E-state index in [0.29, 0.717) is 35.7 Å². The quantitative estimate of drug-likeness (QED) is 0.675. The molecule has 1 heterocycles. The van der Waals surface area contributed by atoms with Gasteiger partial charge in [0, 0.05) is 24.8 Å². The fraction of sp³-hybridized carbons (Fsp3) is 0.706. The third kappa shape index (κ3) is 5.62. The van der Waals surface area contributed by atoms with Gasteiger partial charge in [0.2, 0.25) is 0 Å². The molecular weight excluding hydrogens is 265 g/mol. The molecule has 0 radical (unpaired) electrons. The van der Waals surface area contributed by atoms with Crippen LogP contribution in [-0.2, 0) is 6.54 Å². The van der Waals surface area contributed by atoms with Crippen LogP contribution in [0.15, 0.2) is 12.3 Å². The van der Waals surface area contributed by atoms with Crippen LogP contribution in [0.1, 0.15) is 46.6 Å². The minimum Gasteiger partial charge on any atom is -0.367 e. The van der Waals surface area contributed by atoms with E-state index >= 15 is 0 Å². The molecule has 0 fully saturated rings. The van der Waals surface area contributed by atoms with Crippen molar-refractivity contribution < 1.29 is 4.39 Å². The summed E-state index contributed by atoms with van der Waals surface area (Å²) >= 11 is 0. The number of nitrogens with zero attached hydrogens (tertiary/aromatic N) is 1. The van der Waals surface area contributed by atoms with Gasteiger partial charge in [-0.3, -0.25) is 0 Å². The minimum absolute atomic E-state index is 0.229. The van der Waals surface area contributed by atoms with Gasteiger partial charge in [-0.05, 0) is 36.8 Å². The monoisotopic (exact) mass is 295 g/mol. The van der Waals surface area contributed by atoms with Crippen LogP contribution in [0, 0.1) is 23.6 Å². The molecular formula is C17H30FN3. The van der Waals surface area contributed by atoms with Gasteiger partial charge in [-0.2, -0.15) is 0 Å². The highest BCUT2D eigenvalue weighted by molar-refractivity contribution is 5.40. The number of nitrogens with one attached hydrogen (secondary N) is 2. The predicted octanol–water partition coefficient (Wildman–Crippen LogP) is 4.06. The Hall–Kier alpha value is -1.16. The molecule has 0 unspecified atom stereocenters. The fourth-order valence-electron chi connectivity index (χ4n) is 2.60. The Balaban J connectivity index is 2.68. The average Bonchev–Trinajstić information content (AvgIpc) is 2.42. The molecule has 0 aliphatic rings. The van der Waals surface area contributed by atoms with Gasteiger partial charge in [-0.25, -0.2) is 9.37 Å². The van der Waals surface area contributed by atoms with Gasteiger partial charge < -0.3 is 10.6 Å². The number of rotatable bonds is 9. The third-order valence-corrected chi connectivity index (χ3v) is 3.93. The molecule has 0 saturated heterocycles. The first-order valence-electron chi connectivity index (χ1n) is 8.05. The lowest BCUT2D eigenvalue weighted by atomic mass is 9.85. The molecule has 21 heavy (non-hydrogen) atoms. The van der Waals surface area contributed by atoms with E-state index in [1.165, 1.54) is 0 Å². The first-order valence-corrected chi connectivity index (χ1v) is 8.05. The van der Waals surface area contributed by atoms with Crippen molar-refractivity contribution >= 4 is 5.82 Å². The van der Waals surface area contributed by atoms with Crippen LogP contribution in [-0.4, -0.2) is 18.1 Å². The Labute approximate surface area is 128 Å². The van der Waals surface area contributed by atoms with E-state index in [1.54, 1.807) is 12.3 Å². The van der Waals surface area contributed by atoms with E-state index in [2.05, 4.69) is 50.2 Å². The summed E-state index contributed by atoms with van der Waals surface area (Å²) in [6.07, 6.45) is 2.72. The third-order valence-electron chi connectivity index (χ3n) is 3.93. The first kappa shape index (κ1) is 17.9.